The number of benzene rings is 1. The summed E-state index contributed by atoms with van der Waals surface area (Å²) in [5.74, 6) is 1.71. The zero-order valence-electron chi connectivity index (χ0n) is 17.2. The van der Waals surface area contributed by atoms with E-state index in [1.54, 1.807) is 4.31 Å². The number of likely N-dealkylation sites (tertiary alicyclic amines) is 1. The van der Waals surface area contributed by atoms with Gasteiger partial charge < -0.3 is 4.52 Å². The first-order chi connectivity index (χ1) is 13.9. The third-order valence-electron chi connectivity index (χ3n) is 6.10. The van der Waals surface area contributed by atoms with E-state index in [2.05, 4.69) is 46.2 Å². The van der Waals surface area contributed by atoms with E-state index in [1.807, 2.05) is 0 Å². The van der Waals surface area contributed by atoms with Crippen LogP contribution in [-0.2, 0) is 29.4 Å². The van der Waals surface area contributed by atoms with Crippen LogP contribution in [0.1, 0.15) is 54.9 Å². The van der Waals surface area contributed by atoms with Gasteiger partial charge in [0.05, 0.1) is 12.3 Å². The van der Waals surface area contributed by atoms with Crippen molar-refractivity contribution < 1.29 is 12.9 Å². The first-order valence-corrected chi connectivity index (χ1v) is 12.4. The lowest BCUT2D eigenvalue weighted by molar-refractivity contribution is 0.0731. The average molecular weight is 419 g/mol. The summed E-state index contributed by atoms with van der Waals surface area (Å²) < 4.78 is 31.6. The fourth-order valence-electron chi connectivity index (χ4n) is 4.01. The van der Waals surface area contributed by atoms with E-state index >= 15 is 0 Å². The molecule has 1 saturated heterocycles. The van der Waals surface area contributed by atoms with E-state index in [9.17, 15) is 8.42 Å². The number of aromatic nitrogens is 2. The molecule has 7 nitrogen and oxygen atoms in total. The molecule has 2 heterocycles. The van der Waals surface area contributed by atoms with Gasteiger partial charge in [-0.2, -0.15) is 9.29 Å². The maximum Gasteiger partial charge on any atom is 0.229 e. The van der Waals surface area contributed by atoms with Crippen LogP contribution in [-0.4, -0.2) is 59.7 Å². The minimum absolute atomic E-state index is 0.0120. The second-order valence-electron chi connectivity index (χ2n) is 8.32. The molecule has 0 radical (unpaired) electrons. The first kappa shape index (κ1) is 20.5. The highest BCUT2D eigenvalue weighted by atomic mass is 32.2. The van der Waals surface area contributed by atoms with Crippen LogP contribution < -0.4 is 0 Å². The summed E-state index contributed by atoms with van der Waals surface area (Å²) in [4.78, 5) is 6.75. The van der Waals surface area contributed by atoms with Crippen molar-refractivity contribution in [2.24, 2.45) is 0 Å². The Hall–Kier alpha value is -1.77. The fraction of sp³-hybridized carbons (Fsp3) is 0.619. The molecule has 1 aromatic carbocycles. The molecule has 29 heavy (non-hydrogen) atoms. The number of hydrogen-bond acceptors (Lipinski definition) is 6. The fourth-order valence-corrected chi connectivity index (χ4v) is 5.11. The van der Waals surface area contributed by atoms with E-state index in [1.165, 1.54) is 23.8 Å². The molecule has 158 valence electrons. The highest BCUT2D eigenvalue weighted by Gasteiger charge is 2.36. The number of aryl methyl sites for hydroxylation is 1. The van der Waals surface area contributed by atoms with E-state index < -0.39 is 10.0 Å². The van der Waals surface area contributed by atoms with Crippen LogP contribution in [0.5, 0.6) is 0 Å². The lowest BCUT2D eigenvalue weighted by atomic mass is 9.85. The molecule has 1 aromatic heterocycles. The Morgan fingerprint density at radius 1 is 1.17 bits per heavy atom. The van der Waals surface area contributed by atoms with Crippen molar-refractivity contribution in [3.63, 3.8) is 0 Å². The number of hydrogen-bond donors (Lipinski definition) is 0. The molecule has 1 saturated carbocycles. The monoisotopic (exact) mass is 418 g/mol. The molecule has 0 amide bonds. The smallest absolute Gasteiger partial charge is 0.229 e. The minimum atomic E-state index is -3.28. The van der Waals surface area contributed by atoms with Crippen molar-refractivity contribution >= 4 is 10.0 Å². The average Bonchev–Trinajstić information content (AvgIpc) is 3.05. The lowest BCUT2D eigenvalue weighted by Crippen LogP contribution is -2.60. The molecule has 0 bridgehead atoms. The van der Waals surface area contributed by atoms with E-state index in [0.717, 1.165) is 38.9 Å². The SMILES string of the molecule is CCc1ccc(CN2CC(N(CCc3noc(C4CCC4)n3)S(C)(=O)=O)C2)cc1. The molecule has 1 aliphatic heterocycles. The highest BCUT2D eigenvalue weighted by molar-refractivity contribution is 7.88. The summed E-state index contributed by atoms with van der Waals surface area (Å²) in [5, 5.41) is 4.04. The van der Waals surface area contributed by atoms with Gasteiger partial charge >= 0.3 is 0 Å². The van der Waals surface area contributed by atoms with Crippen LogP contribution in [0.3, 0.4) is 0 Å². The molecule has 8 heteroatoms. The van der Waals surface area contributed by atoms with Crippen molar-refractivity contribution in [1.82, 2.24) is 19.3 Å². The topological polar surface area (TPSA) is 79.5 Å². The predicted molar refractivity (Wildman–Crippen MR) is 111 cm³/mol. The maximum absolute atomic E-state index is 12.3. The van der Waals surface area contributed by atoms with Gasteiger partial charge in [-0.05, 0) is 30.4 Å². The second kappa shape index (κ2) is 8.53. The zero-order valence-corrected chi connectivity index (χ0v) is 18.1. The van der Waals surface area contributed by atoms with E-state index in [4.69, 9.17) is 4.52 Å². The summed E-state index contributed by atoms with van der Waals surface area (Å²) >= 11 is 0. The molecule has 2 aromatic rings. The molecular weight excluding hydrogens is 388 g/mol. The van der Waals surface area contributed by atoms with Crippen LogP contribution in [0.2, 0.25) is 0 Å². The van der Waals surface area contributed by atoms with Gasteiger partial charge in [0.2, 0.25) is 15.9 Å². The van der Waals surface area contributed by atoms with E-state index in [-0.39, 0.29) is 6.04 Å². The van der Waals surface area contributed by atoms with Crippen molar-refractivity contribution in [1.29, 1.82) is 0 Å². The van der Waals surface area contributed by atoms with Crippen LogP contribution in [0, 0.1) is 0 Å². The van der Waals surface area contributed by atoms with Crippen molar-refractivity contribution in [2.75, 3.05) is 25.9 Å². The Morgan fingerprint density at radius 3 is 2.45 bits per heavy atom. The summed E-state index contributed by atoms with van der Waals surface area (Å²) in [6.45, 7) is 4.90. The van der Waals surface area contributed by atoms with Gasteiger partial charge in [0.25, 0.3) is 0 Å². The Bertz CT molecular complexity index is 916. The Kier molecular flexibility index (Phi) is 6.03. The molecule has 0 unspecified atom stereocenters. The van der Waals surface area contributed by atoms with Crippen LogP contribution in [0.15, 0.2) is 28.8 Å². The summed E-state index contributed by atoms with van der Waals surface area (Å²) in [7, 11) is -3.28. The largest absolute Gasteiger partial charge is 0.339 e. The summed E-state index contributed by atoms with van der Waals surface area (Å²) in [6.07, 6.45) is 6.24. The predicted octanol–water partition coefficient (Wildman–Crippen LogP) is 2.59. The summed E-state index contributed by atoms with van der Waals surface area (Å²) in [5.41, 5.74) is 2.60. The minimum Gasteiger partial charge on any atom is -0.339 e. The Morgan fingerprint density at radius 2 is 1.86 bits per heavy atom. The molecule has 2 fully saturated rings. The third-order valence-corrected chi connectivity index (χ3v) is 7.44. The second-order valence-corrected chi connectivity index (χ2v) is 10.3. The quantitative estimate of drug-likeness (QED) is 0.623. The van der Waals surface area contributed by atoms with Gasteiger partial charge in [-0.1, -0.05) is 42.8 Å². The van der Waals surface area contributed by atoms with Gasteiger partial charge in [0, 0.05) is 38.5 Å². The van der Waals surface area contributed by atoms with Crippen molar-refractivity contribution in [2.45, 2.75) is 57.5 Å². The maximum atomic E-state index is 12.3. The van der Waals surface area contributed by atoms with Gasteiger partial charge in [-0.15, -0.1) is 0 Å². The normalized spacial score (nSPS) is 18.7. The van der Waals surface area contributed by atoms with Gasteiger partial charge in [-0.3, -0.25) is 4.90 Å². The van der Waals surface area contributed by atoms with Gasteiger partial charge in [0.1, 0.15) is 0 Å². The van der Waals surface area contributed by atoms with Crippen LogP contribution in [0.4, 0.5) is 0 Å². The molecule has 0 spiro atoms. The number of rotatable bonds is 9. The van der Waals surface area contributed by atoms with Crippen molar-refractivity contribution in [3.05, 3.63) is 47.1 Å². The van der Waals surface area contributed by atoms with Gasteiger partial charge in [0.15, 0.2) is 5.82 Å². The molecule has 0 N–H and O–H groups in total. The highest BCUT2D eigenvalue weighted by Crippen LogP contribution is 2.35. The molecule has 1 aliphatic carbocycles. The third kappa shape index (κ3) is 4.87. The number of sulfonamides is 1. The molecule has 0 atom stereocenters. The summed E-state index contributed by atoms with van der Waals surface area (Å²) in [6, 6.07) is 8.67. The first-order valence-electron chi connectivity index (χ1n) is 10.5. The Labute approximate surface area is 173 Å². The molecule has 4 rings (SSSR count). The number of nitrogens with zero attached hydrogens (tertiary/aromatic N) is 4. The Balaban J connectivity index is 1.30. The molecular formula is C21H30N4O3S. The van der Waals surface area contributed by atoms with Gasteiger partial charge in [-0.25, -0.2) is 8.42 Å². The lowest BCUT2D eigenvalue weighted by Gasteiger charge is -2.44. The molecule has 2 aliphatic rings. The standard InChI is InChI=1S/C21H30N4O3S/c1-3-16-7-9-17(10-8-16)13-24-14-19(15-24)25(29(2,26)27)12-11-20-22-21(28-23-20)18-5-4-6-18/h7-10,18-19H,3-6,11-15H2,1-2H3. The van der Waals surface area contributed by atoms with Crippen LogP contribution in [0.25, 0.3) is 0 Å². The zero-order chi connectivity index (χ0) is 20.4. The van der Waals surface area contributed by atoms with Crippen molar-refractivity contribution in [3.8, 4) is 0 Å². The van der Waals surface area contributed by atoms with E-state index in [0.29, 0.717) is 30.6 Å². The van der Waals surface area contributed by atoms with Crippen LogP contribution >= 0.6 is 0 Å².